The first-order chi connectivity index (χ1) is 16.9. The van der Waals surface area contributed by atoms with E-state index in [1.54, 1.807) is 55.5 Å². The summed E-state index contributed by atoms with van der Waals surface area (Å²) in [6.07, 6.45) is 4.63. The second-order valence-corrected chi connectivity index (χ2v) is 9.58. The highest BCUT2D eigenvalue weighted by molar-refractivity contribution is 5.65. The zero-order valence-electron chi connectivity index (χ0n) is 20.4. The van der Waals surface area contributed by atoms with Crippen molar-refractivity contribution in [1.29, 1.82) is 0 Å². The van der Waals surface area contributed by atoms with Crippen molar-refractivity contribution in [3.63, 3.8) is 0 Å². The molecule has 0 spiro atoms. The van der Waals surface area contributed by atoms with Crippen molar-refractivity contribution in [1.82, 2.24) is 0 Å². The van der Waals surface area contributed by atoms with E-state index in [9.17, 15) is 18.3 Å². The highest BCUT2D eigenvalue weighted by Crippen LogP contribution is 2.39. The summed E-state index contributed by atoms with van der Waals surface area (Å²) in [5, 5.41) is 9.64. The zero-order valence-corrected chi connectivity index (χ0v) is 20.4. The smallest absolute Gasteiger partial charge is 0.166 e. The van der Waals surface area contributed by atoms with E-state index in [0.717, 1.165) is 43.2 Å². The minimum absolute atomic E-state index is 0.228. The van der Waals surface area contributed by atoms with Gasteiger partial charge in [0.25, 0.3) is 0 Å². The summed E-state index contributed by atoms with van der Waals surface area (Å²) in [5.74, 6) is -0.846. The van der Waals surface area contributed by atoms with Crippen LogP contribution < -0.4 is 4.74 Å². The maximum absolute atomic E-state index is 14.9. The van der Waals surface area contributed by atoms with E-state index < -0.39 is 17.7 Å². The Morgan fingerprint density at radius 3 is 2.26 bits per heavy atom. The van der Waals surface area contributed by atoms with Gasteiger partial charge >= 0.3 is 0 Å². The van der Waals surface area contributed by atoms with Crippen LogP contribution in [0.5, 0.6) is 5.75 Å². The molecule has 1 fully saturated rings. The van der Waals surface area contributed by atoms with Crippen molar-refractivity contribution >= 4 is 0 Å². The topological polar surface area (TPSA) is 29.5 Å². The van der Waals surface area contributed by atoms with Crippen molar-refractivity contribution in [3.8, 4) is 16.9 Å². The standard InChI is InChI=1S/C30H33F3O2/c1-3-35-28-17-15-25(18-27(28)31)22-7-4-20(5-8-22)6-9-24-14-16-26(30(33)29(24)32)23-12-10-21(11-13-23)19(2)34/h10-20,22,34H,3-9H2,1-2H3. The molecular weight excluding hydrogens is 449 g/mol. The summed E-state index contributed by atoms with van der Waals surface area (Å²) in [4.78, 5) is 0. The molecule has 35 heavy (non-hydrogen) atoms. The van der Waals surface area contributed by atoms with Crippen LogP contribution in [0.15, 0.2) is 54.6 Å². The van der Waals surface area contributed by atoms with E-state index in [0.29, 0.717) is 41.7 Å². The van der Waals surface area contributed by atoms with Gasteiger partial charge in [0, 0.05) is 5.56 Å². The molecule has 0 radical (unpaired) electrons. The predicted molar refractivity (Wildman–Crippen MR) is 133 cm³/mol. The lowest BCUT2D eigenvalue weighted by atomic mass is 9.77. The maximum atomic E-state index is 14.9. The number of aliphatic hydroxyl groups is 1. The molecule has 1 saturated carbocycles. The van der Waals surface area contributed by atoms with Gasteiger partial charge in [0.15, 0.2) is 23.2 Å². The molecule has 1 N–H and O–H groups in total. The molecule has 1 unspecified atom stereocenters. The normalized spacial score (nSPS) is 18.9. The minimum Gasteiger partial charge on any atom is -0.491 e. The second-order valence-electron chi connectivity index (χ2n) is 9.58. The lowest BCUT2D eigenvalue weighted by Gasteiger charge is -2.29. The molecule has 0 heterocycles. The lowest BCUT2D eigenvalue weighted by Crippen LogP contribution is -2.14. The summed E-state index contributed by atoms with van der Waals surface area (Å²) in [6, 6.07) is 15.4. The zero-order chi connectivity index (χ0) is 24.9. The first-order valence-corrected chi connectivity index (χ1v) is 12.5. The number of halogens is 3. The Balaban J connectivity index is 1.34. The van der Waals surface area contributed by atoms with Gasteiger partial charge < -0.3 is 9.84 Å². The molecule has 0 bridgehead atoms. The molecule has 3 aromatic rings. The molecule has 5 heteroatoms. The molecule has 0 saturated heterocycles. The van der Waals surface area contributed by atoms with Crippen LogP contribution in [0.2, 0.25) is 0 Å². The summed E-state index contributed by atoms with van der Waals surface area (Å²) in [5.41, 5.74) is 2.96. The van der Waals surface area contributed by atoms with Crippen molar-refractivity contribution in [2.24, 2.45) is 5.92 Å². The number of aliphatic hydroxyl groups excluding tert-OH is 1. The predicted octanol–water partition coefficient (Wildman–Crippen LogP) is 8.13. The summed E-state index contributed by atoms with van der Waals surface area (Å²) in [7, 11) is 0. The van der Waals surface area contributed by atoms with Gasteiger partial charge in [-0.2, -0.15) is 0 Å². The van der Waals surface area contributed by atoms with Gasteiger partial charge in [-0.05, 0) is 98.6 Å². The average Bonchev–Trinajstić information content (AvgIpc) is 2.87. The molecule has 0 amide bonds. The van der Waals surface area contributed by atoms with Crippen LogP contribution in [0.3, 0.4) is 0 Å². The Morgan fingerprint density at radius 1 is 0.914 bits per heavy atom. The molecule has 2 nitrogen and oxygen atoms in total. The quantitative estimate of drug-likeness (QED) is 0.351. The number of hydrogen-bond acceptors (Lipinski definition) is 2. The minimum atomic E-state index is -0.825. The molecule has 3 aromatic carbocycles. The maximum Gasteiger partial charge on any atom is 0.166 e. The van der Waals surface area contributed by atoms with Crippen LogP contribution >= 0.6 is 0 Å². The molecule has 4 rings (SSSR count). The molecule has 1 atom stereocenters. The van der Waals surface area contributed by atoms with Crippen molar-refractivity contribution in [2.75, 3.05) is 6.61 Å². The third-order valence-electron chi connectivity index (χ3n) is 7.26. The summed E-state index contributed by atoms with van der Waals surface area (Å²) < 4.78 is 49.2. The van der Waals surface area contributed by atoms with Gasteiger partial charge in [0.2, 0.25) is 0 Å². The Bertz CT molecular complexity index is 1130. The second kappa shape index (κ2) is 11.3. The molecule has 0 aliphatic heterocycles. The molecular formula is C30H33F3O2. The number of rotatable bonds is 8. The SMILES string of the molecule is CCOc1ccc(C2CCC(CCc3ccc(-c4ccc(C(C)O)cc4)c(F)c3F)CC2)cc1F. The van der Waals surface area contributed by atoms with Crippen molar-refractivity contribution in [2.45, 2.75) is 64.4 Å². The monoisotopic (exact) mass is 482 g/mol. The van der Waals surface area contributed by atoms with E-state index in [-0.39, 0.29) is 11.4 Å². The largest absolute Gasteiger partial charge is 0.491 e. The number of ether oxygens (including phenoxy) is 1. The third-order valence-corrected chi connectivity index (χ3v) is 7.26. The first-order valence-electron chi connectivity index (χ1n) is 12.5. The van der Waals surface area contributed by atoms with Crippen molar-refractivity contribution < 1.29 is 23.0 Å². The van der Waals surface area contributed by atoms with Crippen LogP contribution in [-0.4, -0.2) is 11.7 Å². The summed E-state index contributed by atoms with van der Waals surface area (Å²) >= 11 is 0. The van der Waals surface area contributed by atoms with E-state index in [1.165, 1.54) is 0 Å². The average molecular weight is 483 g/mol. The highest BCUT2D eigenvalue weighted by Gasteiger charge is 2.24. The van der Waals surface area contributed by atoms with Gasteiger partial charge in [-0.15, -0.1) is 0 Å². The lowest BCUT2D eigenvalue weighted by molar-refractivity contribution is 0.199. The Morgan fingerprint density at radius 2 is 1.63 bits per heavy atom. The van der Waals surface area contributed by atoms with Crippen LogP contribution in [0.1, 0.15) is 74.7 Å². The Kier molecular flexibility index (Phi) is 8.17. The molecule has 186 valence electrons. The van der Waals surface area contributed by atoms with Gasteiger partial charge in [-0.1, -0.05) is 42.5 Å². The summed E-state index contributed by atoms with van der Waals surface area (Å²) in [6.45, 7) is 3.93. The number of aryl methyl sites for hydroxylation is 1. The van der Waals surface area contributed by atoms with Crippen LogP contribution in [-0.2, 0) is 6.42 Å². The van der Waals surface area contributed by atoms with Crippen LogP contribution in [0, 0.1) is 23.4 Å². The van der Waals surface area contributed by atoms with Crippen LogP contribution in [0.4, 0.5) is 13.2 Å². The fourth-order valence-electron chi connectivity index (χ4n) is 5.13. The van der Waals surface area contributed by atoms with E-state index in [2.05, 4.69) is 0 Å². The van der Waals surface area contributed by atoms with E-state index in [4.69, 9.17) is 4.74 Å². The number of hydrogen-bond donors (Lipinski definition) is 1. The van der Waals surface area contributed by atoms with Gasteiger partial charge in [0.05, 0.1) is 12.7 Å². The third kappa shape index (κ3) is 5.90. The first kappa shape index (κ1) is 25.3. The molecule has 0 aromatic heterocycles. The van der Waals surface area contributed by atoms with E-state index >= 15 is 0 Å². The Hall–Kier alpha value is -2.79. The van der Waals surface area contributed by atoms with E-state index in [1.807, 2.05) is 13.0 Å². The Labute approximate surface area is 205 Å². The van der Waals surface area contributed by atoms with Crippen LogP contribution in [0.25, 0.3) is 11.1 Å². The van der Waals surface area contributed by atoms with Crippen molar-refractivity contribution in [3.05, 3.63) is 88.7 Å². The number of benzene rings is 3. The molecule has 1 aliphatic carbocycles. The fraction of sp³-hybridized carbons (Fsp3) is 0.400. The van der Waals surface area contributed by atoms with Gasteiger partial charge in [-0.25, -0.2) is 13.2 Å². The van der Waals surface area contributed by atoms with Gasteiger partial charge in [0.1, 0.15) is 0 Å². The highest BCUT2D eigenvalue weighted by atomic mass is 19.2. The van der Waals surface area contributed by atoms with Gasteiger partial charge in [-0.3, -0.25) is 0 Å². The molecule has 1 aliphatic rings. The fourth-order valence-corrected chi connectivity index (χ4v) is 5.13.